The van der Waals surface area contributed by atoms with Gasteiger partial charge in [-0.1, -0.05) is 35.3 Å². The van der Waals surface area contributed by atoms with Crippen LogP contribution in [0.25, 0.3) is 5.69 Å². The van der Waals surface area contributed by atoms with E-state index in [-0.39, 0.29) is 21.6 Å². The standard InChI is InChI=1S/C28H26Cl2N4O4/c29-19-3-6-21(23(30)10-19)25(36)33-31-14-22-24(35)32-27(38)34(26(22)37)20-4-1-18(2-5-20)28-11-15-7-16(12-28)9-17(8-15)13-28/h1-6,10,14-17,37H,7-9,11-13H2,(H,33,36)(H,32,35,38). The van der Waals surface area contributed by atoms with Gasteiger partial charge in [0.2, 0.25) is 5.88 Å². The number of hydrogen-bond donors (Lipinski definition) is 3. The Labute approximate surface area is 228 Å². The third-order valence-electron chi connectivity index (χ3n) is 8.43. The van der Waals surface area contributed by atoms with Crippen molar-refractivity contribution in [2.45, 2.75) is 43.9 Å². The zero-order chi connectivity index (χ0) is 26.6. The number of amides is 1. The molecule has 3 aromatic rings. The molecule has 4 aliphatic rings. The molecule has 0 radical (unpaired) electrons. The molecule has 2 aromatic carbocycles. The number of halogens is 2. The van der Waals surface area contributed by atoms with Crippen LogP contribution in [0, 0.1) is 17.8 Å². The summed E-state index contributed by atoms with van der Waals surface area (Å²) in [4.78, 5) is 39.7. The quantitative estimate of drug-likeness (QED) is 0.312. The number of hydrogen-bond acceptors (Lipinski definition) is 5. The van der Waals surface area contributed by atoms with E-state index in [1.165, 1.54) is 62.3 Å². The minimum Gasteiger partial charge on any atom is -0.493 e. The molecule has 0 unspecified atom stereocenters. The molecule has 0 aliphatic heterocycles. The van der Waals surface area contributed by atoms with Gasteiger partial charge in [-0.2, -0.15) is 5.10 Å². The Morgan fingerprint density at radius 3 is 2.26 bits per heavy atom. The van der Waals surface area contributed by atoms with Crippen LogP contribution in [0.4, 0.5) is 0 Å². The number of nitrogens with zero attached hydrogens (tertiary/aromatic N) is 2. The molecule has 8 nitrogen and oxygen atoms in total. The van der Waals surface area contributed by atoms with Crippen molar-refractivity contribution in [1.29, 1.82) is 0 Å². The van der Waals surface area contributed by atoms with Crippen molar-refractivity contribution < 1.29 is 9.90 Å². The van der Waals surface area contributed by atoms with Crippen molar-refractivity contribution in [2.24, 2.45) is 22.9 Å². The van der Waals surface area contributed by atoms with E-state index >= 15 is 0 Å². The van der Waals surface area contributed by atoms with Crippen LogP contribution in [0.1, 0.15) is 60.0 Å². The number of nitrogens with one attached hydrogen (secondary N) is 2. The molecular formula is C28H26Cl2N4O4. The summed E-state index contributed by atoms with van der Waals surface area (Å²) in [6.45, 7) is 0. The lowest BCUT2D eigenvalue weighted by Crippen LogP contribution is -2.48. The third kappa shape index (κ3) is 4.35. The summed E-state index contributed by atoms with van der Waals surface area (Å²) in [5, 5.41) is 15.1. The maximum atomic E-state index is 12.7. The van der Waals surface area contributed by atoms with Crippen LogP contribution in [-0.2, 0) is 5.41 Å². The molecule has 0 spiro atoms. The summed E-state index contributed by atoms with van der Waals surface area (Å²) in [5.74, 6) is 1.22. The second-order valence-electron chi connectivity index (χ2n) is 10.9. The van der Waals surface area contributed by atoms with E-state index < -0.39 is 23.0 Å². The highest BCUT2D eigenvalue weighted by atomic mass is 35.5. The van der Waals surface area contributed by atoms with Gasteiger partial charge in [0.25, 0.3) is 11.5 Å². The van der Waals surface area contributed by atoms with Gasteiger partial charge in [-0.3, -0.25) is 14.6 Å². The summed E-state index contributed by atoms with van der Waals surface area (Å²) in [7, 11) is 0. The molecule has 196 valence electrons. The van der Waals surface area contributed by atoms with E-state index in [1.807, 2.05) is 12.1 Å². The first-order valence-corrected chi connectivity index (χ1v) is 13.5. The fourth-order valence-corrected chi connectivity index (χ4v) is 7.71. The number of H-pyrrole nitrogens is 1. The molecule has 0 atom stereocenters. The van der Waals surface area contributed by atoms with Gasteiger partial charge in [0, 0.05) is 5.02 Å². The van der Waals surface area contributed by atoms with Crippen LogP contribution in [0.3, 0.4) is 0 Å². The van der Waals surface area contributed by atoms with E-state index in [9.17, 15) is 19.5 Å². The summed E-state index contributed by atoms with van der Waals surface area (Å²) < 4.78 is 1.02. The first kappa shape index (κ1) is 24.9. The molecule has 1 aromatic heterocycles. The molecule has 4 fully saturated rings. The monoisotopic (exact) mass is 552 g/mol. The Kier molecular flexibility index (Phi) is 6.19. The van der Waals surface area contributed by atoms with Crippen molar-refractivity contribution in [1.82, 2.24) is 15.0 Å². The van der Waals surface area contributed by atoms with Gasteiger partial charge in [0.1, 0.15) is 5.56 Å². The zero-order valence-electron chi connectivity index (χ0n) is 20.4. The van der Waals surface area contributed by atoms with Crippen LogP contribution < -0.4 is 16.7 Å². The number of aromatic hydroxyl groups is 1. The largest absolute Gasteiger partial charge is 0.493 e. The fraction of sp³-hybridized carbons (Fsp3) is 0.357. The number of aromatic nitrogens is 2. The Morgan fingerprint density at radius 1 is 1.03 bits per heavy atom. The van der Waals surface area contributed by atoms with E-state index in [0.29, 0.717) is 10.7 Å². The lowest BCUT2D eigenvalue weighted by atomic mass is 9.48. The minimum absolute atomic E-state index is 0.135. The number of aromatic amines is 1. The van der Waals surface area contributed by atoms with E-state index in [2.05, 4.69) is 15.5 Å². The Morgan fingerprint density at radius 2 is 1.66 bits per heavy atom. The second-order valence-corrected chi connectivity index (χ2v) is 11.7. The zero-order valence-corrected chi connectivity index (χ0v) is 21.9. The summed E-state index contributed by atoms with van der Waals surface area (Å²) in [6, 6.07) is 12.1. The lowest BCUT2D eigenvalue weighted by molar-refractivity contribution is -0.00518. The number of rotatable bonds is 5. The number of hydrazone groups is 1. The predicted octanol–water partition coefficient (Wildman–Crippen LogP) is 4.77. The molecule has 3 N–H and O–H groups in total. The van der Waals surface area contributed by atoms with Gasteiger partial charge in [-0.15, -0.1) is 0 Å². The Hall–Kier alpha value is -3.36. The molecule has 0 saturated heterocycles. The third-order valence-corrected chi connectivity index (χ3v) is 8.98. The van der Waals surface area contributed by atoms with Gasteiger partial charge in [-0.25, -0.2) is 14.8 Å². The van der Waals surface area contributed by atoms with Crippen molar-refractivity contribution in [3.63, 3.8) is 0 Å². The smallest absolute Gasteiger partial charge is 0.335 e. The van der Waals surface area contributed by atoms with E-state index in [1.54, 1.807) is 12.1 Å². The predicted molar refractivity (Wildman–Crippen MR) is 146 cm³/mol. The molecule has 38 heavy (non-hydrogen) atoms. The Balaban J connectivity index is 1.26. The molecule has 10 heteroatoms. The Bertz CT molecular complexity index is 1540. The van der Waals surface area contributed by atoms with Gasteiger partial charge >= 0.3 is 5.69 Å². The summed E-state index contributed by atoms with van der Waals surface area (Å²) in [5.41, 5.74) is 2.41. The topological polar surface area (TPSA) is 117 Å². The summed E-state index contributed by atoms with van der Waals surface area (Å²) >= 11 is 11.9. The molecule has 4 bridgehead atoms. The molecule has 1 amide bonds. The highest BCUT2D eigenvalue weighted by molar-refractivity contribution is 6.36. The molecule has 4 saturated carbocycles. The van der Waals surface area contributed by atoms with Crippen molar-refractivity contribution >= 4 is 35.3 Å². The van der Waals surface area contributed by atoms with Crippen molar-refractivity contribution in [3.8, 4) is 11.6 Å². The number of carbonyl (C=O) groups is 1. The first-order valence-electron chi connectivity index (χ1n) is 12.7. The second kappa shape index (κ2) is 9.43. The normalized spacial score (nSPS) is 25.7. The molecular weight excluding hydrogens is 527 g/mol. The van der Waals surface area contributed by atoms with Crippen molar-refractivity contribution in [3.05, 3.63) is 90.0 Å². The van der Waals surface area contributed by atoms with Crippen LogP contribution in [0.2, 0.25) is 10.0 Å². The molecule has 7 rings (SSSR count). The van der Waals surface area contributed by atoms with Crippen LogP contribution in [-0.4, -0.2) is 26.8 Å². The van der Waals surface area contributed by atoms with Gasteiger partial charge in [0.15, 0.2) is 0 Å². The van der Waals surface area contributed by atoms with Gasteiger partial charge < -0.3 is 5.11 Å². The molecule has 4 aliphatic carbocycles. The number of carbonyl (C=O) groups excluding carboxylic acids is 1. The van der Waals surface area contributed by atoms with Gasteiger partial charge in [-0.05, 0) is 97.6 Å². The van der Waals surface area contributed by atoms with Crippen LogP contribution in [0.15, 0.2) is 57.2 Å². The maximum absolute atomic E-state index is 12.7. The highest BCUT2D eigenvalue weighted by Gasteiger charge is 2.51. The highest BCUT2D eigenvalue weighted by Crippen LogP contribution is 2.60. The van der Waals surface area contributed by atoms with Crippen LogP contribution in [0.5, 0.6) is 5.88 Å². The van der Waals surface area contributed by atoms with E-state index in [4.69, 9.17) is 23.2 Å². The number of benzene rings is 2. The SMILES string of the molecule is O=C(NN=Cc1c(O)n(-c2ccc(C34CC5CC(CC(C5)C3)C4)cc2)c(=O)[nH]c1=O)c1ccc(Cl)cc1Cl. The first-order chi connectivity index (χ1) is 18.2. The summed E-state index contributed by atoms with van der Waals surface area (Å²) in [6.07, 6.45) is 8.71. The fourth-order valence-electron chi connectivity index (χ4n) is 7.21. The maximum Gasteiger partial charge on any atom is 0.335 e. The average molecular weight is 553 g/mol. The average Bonchev–Trinajstić information content (AvgIpc) is 2.85. The minimum atomic E-state index is -0.837. The van der Waals surface area contributed by atoms with Crippen molar-refractivity contribution in [2.75, 3.05) is 0 Å². The molecule has 1 heterocycles. The van der Waals surface area contributed by atoms with E-state index in [0.717, 1.165) is 28.5 Å². The van der Waals surface area contributed by atoms with Gasteiger partial charge in [0.05, 0.1) is 22.5 Å². The lowest BCUT2D eigenvalue weighted by Gasteiger charge is -2.57. The van der Waals surface area contributed by atoms with Crippen LogP contribution >= 0.6 is 23.2 Å².